The summed E-state index contributed by atoms with van der Waals surface area (Å²) in [4.78, 5) is 17.0. The summed E-state index contributed by atoms with van der Waals surface area (Å²) in [5.41, 5.74) is 3.88. The Morgan fingerprint density at radius 3 is 3.05 bits per heavy atom. The highest BCUT2D eigenvalue weighted by molar-refractivity contribution is 9.10. The first-order valence-corrected chi connectivity index (χ1v) is 7.17. The van der Waals surface area contributed by atoms with Crippen LogP contribution in [-0.2, 0) is 0 Å². The van der Waals surface area contributed by atoms with Gasteiger partial charge in [0.15, 0.2) is 0 Å². The first-order chi connectivity index (χ1) is 9.13. The lowest BCUT2D eigenvalue weighted by atomic mass is 10.2. The SMILES string of the molecule is Cc1ccc(NC(=O)c2cn3ncsc3n2)cc1Br. The van der Waals surface area contributed by atoms with Crippen molar-refractivity contribution in [3.8, 4) is 0 Å². The molecule has 7 heteroatoms. The largest absolute Gasteiger partial charge is 0.321 e. The Hall–Kier alpha value is -1.73. The van der Waals surface area contributed by atoms with E-state index in [9.17, 15) is 4.79 Å². The summed E-state index contributed by atoms with van der Waals surface area (Å²) in [7, 11) is 0. The van der Waals surface area contributed by atoms with Gasteiger partial charge in [0.25, 0.3) is 5.91 Å². The first kappa shape index (κ1) is 12.3. The quantitative estimate of drug-likeness (QED) is 0.782. The normalized spacial score (nSPS) is 10.8. The molecule has 5 nitrogen and oxygen atoms in total. The van der Waals surface area contributed by atoms with Crippen molar-refractivity contribution in [2.45, 2.75) is 6.92 Å². The number of nitrogens with zero attached hydrogens (tertiary/aromatic N) is 3. The van der Waals surface area contributed by atoms with E-state index in [4.69, 9.17) is 0 Å². The molecule has 0 aliphatic rings. The molecule has 1 aromatic carbocycles. The fourth-order valence-corrected chi connectivity index (χ4v) is 2.59. The van der Waals surface area contributed by atoms with E-state index in [0.29, 0.717) is 10.7 Å². The van der Waals surface area contributed by atoms with E-state index in [0.717, 1.165) is 15.7 Å². The molecule has 96 valence electrons. The number of aryl methyl sites for hydroxylation is 1. The summed E-state index contributed by atoms with van der Waals surface area (Å²) < 4.78 is 2.54. The van der Waals surface area contributed by atoms with Crippen molar-refractivity contribution in [1.29, 1.82) is 0 Å². The van der Waals surface area contributed by atoms with Gasteiger partial charge >= 0.3 is 0 Å². The van der Waals surface area contributed by atoms with Crippen LogP contribution in [0.2, 0.25) is 0 Å². The zero-order valence-corrected chi connectivity index (χ0v) is 12.3. The molecule has 1 N–H and O–H groups in total. The lowest BCUT2D eigenvalue weighted by molar-refractivity contribution is 0.102. The number of carbonyl (C=O) groups is 1. The Balaban J connectivity index is 1.84. The molecule has 2 aromatic heterocycles. The van der Waals surface area contributed by atoms with E-state index >= 15 is 0 Å². The standard InChI is InChI=1S/C12H9BrN4OS/c1-7-2-3-8(4-9(7)13)15-11(18)10-5-17-12(16-10)19-6-14-17/h2-6H,1H3,(H,15,18). The summed E-state index contributed by atoms with van der Waals surface area (Å²) in [6.45, 7) is 1.99. The van der Waals surface area contributed by atoms with Gasteiger partial charge in [-0.3, -0.25) is 4.79 Å². The maximum Gasteiger partial charge on any atom is 0.275 e. The van der Waals surface area contributed by atoms with Gasteiger partial charge in [0.2, 0.25) is 4.96 Å². The Kier molecular flexibility index (Phi) is 3.08. The van der Waals surface area contributed by atoms with Crippen molar-refractivity contribution in [3.05, 3.63) is 45.6 Å². The summed E-state index contributed by atoms with van der Waals surface area (Å²) in [5, 5.41) is 6.85. The van der Waals surface area contributed by atoms with Gasteiger partial charge in [0.1, 0.15) is 11.2 Å². The smallest absolute Gasteiger partial charge is 0.275 e. The number of hydrogen-bond acceptors (Lipinski definition) is 4. The van der Waals surface area contributed by atoms with E-state index in [1.165, 1.54) is 11.3 Å². The Labute approximate surface area is 121 Å². The van der Waals surface area contributed by atoms with Crippen LogP contribution in [0.4, 0.5) is 5.69 Å². The molecular weight excluding hydrogens is 328 g/mol. The number of carbonyl (C=O) groups excluding carboxylic acids is 1. The van der Waals surface area contributed by atoms with Gasteiger partial charge in [0, 0.05) is 10.2 Å². The van der Waals surface area contributed by atoms with Crippen LogP contribution in [0.15, 0.2) is 34.4 Å². The third-order valence-electron chi connectivity index (χ3n) is 2.65. The average molecular weight is 337 g/mol. The summed E-state index contributed by atoms with van der Waals surface area (Å²) >= 11 is 4.82. The zero-order valence-electron chi connectivity index (χ0n) is 9.92. The summed E-state index contributed by atoms with van der Waals surface area (Å²) in [6, 6.07) is 5.66. The fourth-order valence-electron chi connectivity index (χ4n) is 1.61. The Morgan fingerprint density at radius 2 is 2.32 bits per heavy atom. The molecule has 0 saturated carbocycles. The van der Waals surface area contributed by atoms with Crippen LogP contribution in [0.3, 0.4) is 0 Å². The average Bonchev–Trinajstić information content (AvgIpc) is 2.94. The van der Waals surface area contributed by atoms with E-state index in [-0.39, 0.29) is 5.91 Å². The predicted molar refractivity (Wildman–Crippen MR) is 77.7 cm³/mol. The van der Waals surface area contributed by atoms with Gasteiger partial charge < -0.3 is 5.32 Å². The minimum atomic E-state index is -0.242. The van der Waals surface area contributed by atoms with Crippen LogP contribution >= 0.6 is 27.3 Å². The second-order valence-electron chi connectivity index (χ2n) is 4.01. The van der Waals surface area contributed by atoms with Crippen LogP contribution in [0, 0.1) is 6.92 Å². The van der Waals surface area contributed by atoms with Crippen molar-refractivity contribution >= 4 is 43.8 Å². The van der Waals surface area contributed by atoms with E-state index in [1.54, 1.807) is 16.2 Å². The van der Waals surface area contributed by atoms with Gasteiger partial charge in [-0.15, -0.1) is 0 Å². The fraction of sp³-hybridized carbons (Fsp3) is 0.0833. The Bertz CT molecular complexity index is 736. The number of amides is 1. The lowest BCUT2D eigenvalue weighted by Gasteiger charge is -2.05. The third-order valence-corrected chi connectivity index (χ3v) is 4.19. The molecule has 0 bridgehead atoms. The van der Waals surface area contributed by atoms with Crippen molar-refractivity contribution in [1.82, 2.24) is 14.6 Å². The zero-order chi connectivity index (χ0) is 13.4. The maximum absolute atomic E-state index is 12.1. The van der Waals surface area contributed by atoms with E-state index in [2.05, 4.69) is 31.3 Å². The van der Waals surface area contributed by atoms with Gasteiger partial charge in [-0.25, -0.2) is 9.50 Å². The topological polar surface area (TPSA) is 59.3 Å². The van der Waals surface area contributed by atoms with Crippen LogP contribution in [0.1, 0.15) is 16.1 Å². The summed E-state index contributed by atoms with van der Waals surface area (Å²) in [6.07, 6.45) is 1.62. The monoisotopic (exact) mass is 336 g/mol. The molecular formula is C12H9BrN4OS. The second-order valence-corrected chi connectivity index (χ2v) is 5.68. The maximum atomic E-state index is 12.1. The molecule has 0 fully saturated rings. The van der Waals surface area contributed by atoms with Gasteiger partial charge in [-0.05, 0) is 24.6 Å². The number of aromatic nitrogens is 3. The van der Waals surface area contributed by atoms with Gasteiger partial charge in [-0.2, -0.15) is 5.10 Å². The molecule has 19 heavy (non-hydrogen) atoms. The number of benzene rings is 1. The van der Waals surface area contributed by atoms with Gasteiger partial charge in [0.05, 0.1) is 6.20 Å². The number of imidazole rings is 1. The molecule has 1 amide bonds. The highest BCUT2D eigenvalue weighted by Crippen LogP contribution is 2.21. The molecule has 0 aliphatic carbocycles. The summed E-state index contributed by atoms with van der Waals surface area (Å²) in [5.74, 6) is -0.242. The molecule has 0 saturated heterocycles. The number of nitrogens with one attached hydrogen (secondary N) is 1. The number of hydrogen-bond donors (Lipinski definition) is 1. The van der Waals surface area contributed by atoms with Crippen LogP contribution in [0.5, 0.6) is 0 Å². The van der Waals surface area contributed by atoms with Gasteiger partial charge in [-0.1, -0.05) is 33.3 Å². The second kappa shape index (κ2) is 4.75. The van der Waals surface area contributed by atoms with Crippen LogP contribution in [0.25, 0.3) is 4.96 Å². The molecule has 3 aromatic rings. The first-order valence-electron chi connectivity index (χ1n) is 5.50. The molecule has 0 unspecified atom stereocenters. The van der Waals surface area contributed by atoms with Crippen LogP contribution in [-0.4, -0.2) is 20.5 Å². The van der Waals surface area contributed by atoms with Crippen molar-refractivity contribution < 1.29 is 4.79 Å². The highest BCUT2D eigenvalue weighted by atomic mass is 79.9. The molecule has 0 spiro atoms. The number of fused-ring (bicyclic) bond motifs is 1. The van der Waals surface area contributed by atoms with E-state index in [1.807, 2.05) is 25.1 Å². The predicted octanol–water partition coefficient (Wildman–Crippen LogP) is 3.11. The molecule has 0 radical (unpaired) electrons. The lowest BCUT2D eigenvalue weighted by Crippen LogP contribution is -2.12. The molecule has 2 heterocycles. The number of halogens is 1. The van der Waals surface area contributed by atoms with Crippen molar-refractivity contribution in [2.24, 2.45) is 0 Å². The molecule has 0 atom stereocenters. The Morgan fingerprint density at radius 1 is 1.47 bits per heavy atom. The minimum Gasteiger partial charge on any atom is -0.321 e. The van der Waals surface area contributed by atoms with Crippen LogP contribution < -0.4 is 5.32 Å². The minimum absolute atomic E-state index is 0.242. The van der Waals surface area contributed by atoms with E-state index < -0.39 is 0 Å². The van der Waals surface area contributed by atoms with Crippen molar-refractivity contribution in [2.75, 3.05) is 5.32 Å². The number of anilines is 1. The molecule has 3 rings (SSSR count). The number of rotatable bonds is 2. The highest BCUT2D eigenvalue weighted by Gasteiger charge is 2.12. The van der Waals surface area contributed by atoms with Crippen molar-refractivity contribution in [3.63, 3.8) is 0 Å². The molecule has 0 aliphatic heterocycles. The third kappa shape index (κ3) is 2.39.